The Morgan fingerprint density at radius 1 is 1.41 bits per heavy atom. The van der Waals surface area contributed by atoms with E-state index >= 15 is 0 Å². The van der Waals surface area contributed by atoms with E-state index in [1.807, 2.05) is 0 Å². The maximum Gasteiger partial charge on any atom is 0.317 e. The lowest BCUT2D eigenvalue weighted by molar-refractivity contribution is -0.119. The van der Waals surface area contributed by atoms with Gasteiger partial charge in [0.05, 0.1) is 11.4 Å². The number of Topliss-reactive ketones (excluding diaryl/α,β-unsaturated/α-hetero) is 1. The Hall–Kier alpha value is -2.77. The SMILES string of the molecule is CC(=O)COc1ncc2c(n1)-c1c(c(C(N)=O)nn1C)CC2. The lowest BCUT2D eigenvalue weighted by Crippen LogP contribution is -2.16. The van der Waals surface area contributed by atoms with E-state index in [0.717, 1.165) is 16.8 Å². The second kappa shape index (κ2) is 5.21. The quantitative estimate of drug-likeness (QED) is 0.853. The van der Waals surface area contributed by atoms with E-state index in [4.69, 9.17) is 10.5 Å². The molecule has 1 aliphatic carbocycles. The van der Waals surface area contributed by atoms with E-state index < -0.39 is 5.91 Å². The summed E-state index contributed by atoms with van der Waals surface area (Å²) in [6.45, 7) is 1.35. The summed E-state index contributed by atoms with van der Waals surface area (Å²) in [5.74, 6) is -0.666. The number of aromatic nitrogens is 4. The molecule has 0 bridgehead atoms. The van der Waals surface area contributed by atoms with E-state index in [0.29, 0.717) is 18.5 Å². The normalized spacial score (nSPS) is 12.5. The highest BCUT2D eigenvalue weighted by Gasteiger charge is 2.28. The standard InChI is InChI=1S/C14H15N5O3/c1-7(20)6-22-14-16-5-8-3-4-9-11(13(15)21)18-19(2)12(9)10(8)17-14/h5H,3-4,6H2,1-2H3,(H2,15,21). The number of carbonyl (C=O) groups excluding carboxylic acids is 2. The summed E-state index contributed by atoms with van der Waals surface area (Å²) in [5.41, 5.74) is 8.79. The minimum Gasteiger partial charge on any atom is -0.455 e. The maximum absolute atomic E-state index is 11.5. The van der Waals surface area contributed by atoms with Gasteiger partial charge in [0, 0.05) is 18.8 Å². The van der Waals surface area contributed by atoms with Crippen LogP contribution in [0.1, 0.15) is 28.5 Å². The summed E-state index contributed by atoms with van der Waals surface area (Å²) >= 11 is 0. The van der Waals surface area contributed by atoms with E-state index in [9.17, 15) is 9.59 Å². The summed E-state index contributed by atoms with van der Waals surface area (Å²) in [5, 5.41) is 4.18. The molecule has 22 heavy (non-hydrogen) atoms. The lowest BCUT2D eigenvalue weighted by Gasteiger charge is -2.16. The van der Waals surface area contributed by atoms with Crippen molar-refractivity contribution in [1.29, 1.82) is 0 Å². The van der Waals surface area contributed by atoms with Crippen LogP contribution >= 0.6 is 0 Å². The topological polar surface area (TPSA) is 113 Å². The fourth-order valence-electron chi connectivity index (χ4n) is 2.57. The molecule has 8 nitrogen and oxygen atoms in total. The number of primary amides is 1. The molecule has 0 atom stereocenters. The third-order valence-corrected chi connectivity index (χ3v) is 3.49. The van der Waals surface area contributed by atoms with Crippen LogP contribution in [0.25, 0.3) is 11.4 Å². The third kappa shape index (κ3) is 2.32. The molecule has 0 aromatic carbocycles. The first-order valence-corrected chi connectivity index (χ1v) is 6.81. The number of ether oxygens (including phenoxy) is 1. The van der Waals surface area contributed by atoms with Gasteiger partial charge in [0.2, 0.25) is 0 Å². The van der Waals surface area contributed by atoms with Crippen LogP contribution in [0.2, 0.25) is 0 Å². The molecular formula is C14H15N5O3. The number of carbonyl (C=O) groups is 2. The Bertz CT molecular complexity index is 781. The molecular weight excluding hydrogens is 286 g/mol. The molecule has 2 aromatic rings. The molecule has 1 amide bonds. The molecule has 2 aromatic heterocycles. The van der Waals surface area contributed by atoms with E-state index in [1.165, 1.54) is 6.92 Å². The Balaban J connectivity index is 2.07. The van der Waals surface area contributed by atoms with Crippen LogP contribution in [0.3, 0.4) is 0 Å². The smallest absolute Gasteiger partial charge is 0.317 e. The van der Waals surface area contributed by atoms with Gasteiger partial charge in [-0.05, 0) is 25.3 Å². The maximum atomic E-state index is 11.5. The molecule has 2 heterocycles. The molecule has 2 N–H and O–H groups in total. The van der Waals surface area contributed by atoms with Crippen LogP contribution in [0.5, 0.6) is 6.01 Å². The minimum absolute atomic E-state index is 0.0798. The van der Waals surface area contributed by atoms with Crippen molar-refractivity contribution in [2.45, 2.75) is 19.8 Å². The Kier molecular flexibility index (Phi) is 3.36. The zero-order valence-corrected chi connectivity index (χ0v) is 12.3. The van der Waals surface area contributed by atoms with Crippen LogP contribution < -0.4 is 10.5 Å². The van der Waals surface area contributed by atoms with Crippen molar-refractivity contribution in [3.8, 4) is 17.4 Å². The average Bonchev–Trinajstić information content (AvgIpc) is 2.82. The molecule has 0 fully saturated rings. The molecule has 114 valence electrons. The fourth-order valence-corrected chi connectivity index (χ4v) is 2.57. The van der Waals surface area contributed by atoms with Gasteiger partial charge in [-0.1, -0.05) is 0 Å². The van der Waals surface area contributed by atoms with Gasteiger partial charge < -0.3 is 10.5 Å². The van der Waals surface area contributed by atoms with Gasteiger partial charge in [-0.2, -0.15) is 10.1 Å². The molecule has 0 unspecified atom stereocenters. The number of hydrogen-bond acceptors (Lipinski definition) is 6. The first-order chi connectivity index (χ1) is 10.5. The highest BCUT2D eigenvalue weighted by atomic mass is 16.5. The van der Waals surface area contributed by atoms with Crippen LogP contribution in [-0.2, 0) is 24.7 Å². The Labute approximate surface area is 126 Å². The van der Waals surface area contributed by atoms with Gasteiger partial charge in [-0.3, -0.25) is 14.3 Å². The first-order valence-electron chi connectivity index (χ1n) is 6.81. The summed E-state index contributed by atoms with van der Waals surface area (Å²) in [4.78, 5) is 30.9. The Morgan fingerprint density at radius 2 is 2.18 bits per heavy atom. The second-order valence-electron chi connectivity index (χ2n) is 5.18. The first kappa shape index (κ1) is 14.2. The molecule has 0 aliphatic heterocycles. The van der Waals surface area contributed by atoms with Crippen molar-refractivity contribution in [2.24, 2.45) is 12.8 Å². The summed E-state index contributed by atoms with van der Waals surface area (Å²) in [7, 11) is 1.73. The van der Waals surface area contributed by atoms with Gasteiger partial charge >= 0.3 is 6.01 Å². The van der Waals surface area contributed by atoms with Gasteiger partial charge in [-0.25, -0.2) is 4.98 Å². The summed E-state index contributed by atoms with van der Waals surface area (Å²) < 4.78 is 6.84. The molecule has 1 aliphatic rings. The van der Waals surface area contributed by atoms with Crippen molar-refractivity contribution in [3.63, 3.8) is 0 Å². The Morgan fingerprint density at radius 3 is 2.86 bits per heavy atom. The molecule has 0 radical (unpaired) electrons. The van der Waals surface area contributed by atoms with Crippen LogP contribution in [0.15, 0.2) is 6.20 Å². The van der Waals surface area contributed by atoms with Crippen molar-refractivity contribution in [1.82, 2.24) is 19.7 Å². The number of nitrogens with two attached hydrogens (primary N) is 1. The largest absolute Gasteiger partial charge is 0.455 e. The summed E-state index contributed by atoms with van der Waals surface area (Å²) in [6, 6.07) is 0.128. The van der Waals surface area contributed by atoms with Gasteiger partial charge in [0.1, 0.15) is 6.61 Å². The average molecular weight is 301 g/mol. The number of hydrogen-bond donors (Lipinski definition) is 1. The van der Waals surface area contributed by atoms with Crippen molar-refractivity contribution < 1.29 is 14.3 Å². The van der Waals surface area contributed by atoms with Crippen molar-refractivity contribution in [2.75, 3.05) is 6.61 Å². The molecule has 8 heteroatoms. The van der Waals surface area contributed by atoms with Crippen molar-refractivity contribution >= 4 is 11.7 Å². The lowest BCUT2D eigenvalue weighted by atomic mass is 9.93. The monoisotopic (exact) mass is 301 g/mol. The number of rotatable bonds is 4. The van der Waals surface area contributed by atoms with Gasteiger partial charge in [0.15, 0.2) is 11.5 Å². The predicted molar refractivity (Wildman–Crippen MR) is 76.3 cm³/mol. The molecule has 0 saturated carbocycles. The zero-order chi connectivity index (χ0) is 15.9. The number of fused-ring (bicyclic) bond motifs is 3. The highest BCUT2D eigenvalue weighted by Crippen LogP contribution is 2.33. The van der Waals surface area contributed by atoms with Crippen LogP contribution in [-0.4, -0.2) is 38.0 Å². The van der Waals surface area contributed by atoms with Crippen LogP contribution in [0.4, 0.5) is 0 Å². The zero-order valence-electron chi connectivity index (χ0n) is 12.3. The number of ketones is 1. The number of nitrogens with zero attached hydrogens (tertiary/aromatic N) is 4. The minimum atomic E-state index is -0.553. The van der Waals surface area contributed by atoms with E-state index in [2.05, 4.69) is 15.1 Å². The highest BCUT2D eigenvalue weighted by molar-refractivity contribution is 5.94. The van der Waals surface area contributed by atoms with E-state index in [-0.39, 0.29) is 24.1 Å². The summed E-state index contributed by atoms with van der Waals surface area (Å²) in [6.07, 6.45) is 3.03. The fraction of sp³-hybridized carbons (Fsp3) is 0.357. The second-order valence-corrected chi connectivity index (χ2v) is 5.18. The molecule has 0 saturated heterocycles. The van der Waals surface area contributed by atoms with Crippen molar-refractivity contribution in [3.05, 3.63) is 23.0 Å². The number of aryl methyl sites for hydroxylation is 2. The van der Waals surface area contributed by atoms with Gasteiger partial charge in [0.25, 0.3) is 5.91 Å². The molecule has 3 rings (SSSR count). The van der Waals surface area contributed by atoms with E-state index in [1.54, 1.807) is 17.9 Å². The van der Waals surface area contributed by atoms with Crippen LogP contribution in [0, 0.1) is 0 Å². The predicted octanol–water partition coefficient (Wildman–Crippen LogP) is 0.0424. The van der Waals surface area contributed by atoms with Gasteiger partial charge in [-0.15, -0.1) is 0 Å². The number of amides is 1. The third-order valence-electron chi connectivity index (χ3n) is 3.49. The molecule has 0 spiro atoms.